The van der Waals surface area contributed by atoms with Gasteiger partial charge in [0.1, 0.15) is 10.6 Å². The Kier molecular flexibility index (Phi) is 7.59. The quantitative estimate of drug-likeness (QED) is 0.493. The molecule has 0 aromatic heterocycles. The number of hydrogen-bond acceptors (Lipinski definition) is 3. The maximum Gasteiger partial charge on any atom is 0.192 e. The molecule has 0 aliphatic rings. The molecule has 3 nitrogen and oxygen atoms in total. The molecule has 0 radical (unpaired) electrons. The summed E-state index contributed by atoms with van der Waals surface area (Å²) in [5, 5.41) is 0.371. The van der Waals surface area contributed by atoms with Crippen molar-refractivity contribution in [3.63, 3.8) is 0 Å². The van der Waals surface area contributed by atoms with Crippen molar-refractivity contribution in [3.05, 3.63) is 34.6 Å². The highest BCUT2D eigenvalue weighted by Crippen LogP contribution is 2.37. The average molecular weight is 408 g/mol. The third-order valence-corrected chi connectivity index (χ3v) is 10.8. The van der Waals surface area contributed by atoms with Gasteiger partial charge in [0, 0.05) is 16.4 Å². The molecule has 0 aliphatic carbocycles. The molecule has 1 aromatic rings. The summed E-state index contributed by atoms with van der Waals surface area (Å²) in [6.45, 7) is 16.8. The first-order chi connectivity index (χ1) is 11.1. The van der Waals surface area contributed by atoms with Crippen molar-refractivity contribution in [2.45, 2.75) is 70.5 Å². The molecule has 1 N–H and O–H groups in total. The minimum absolute atomic E-state index is 0.0559. The Hall–Kier alpha value is -0.113. The number of halogens is 2. The summed E-state index contributed by atoms with van der Waals surface area (Å²) in [7, 11) is -1.99. The van der Waals surface area contributed by atoms with E-state index >= 15 is 0 Å². The Morgan fingerprint density at radius 2 is 1.76 bits per heavy atom. The molecule has 7 heteroatoms. The summed E-state index contributed by atoms with van der Waals surface area (Å²) < 4.78 is 35.3. The van der Waals surface area contributed by atoms with E-state index in [0.29, 0.717) is 17.2 Å². The zero-order chi connectivity index (χ0) is 19.6. The van der Waals surface area contributed by atoms with Crippen molar-refractivity contribution in [2.75, 3.05) is 6.61 Å². The van der Waals surface area contributed by atoms with Crippen molar-refractivity contribution < 1.29 is 13.4 Å². The molecule has 25 heavy (non-hydrogen) atoms. The van der Waals surface area contributed by atoms with Crippen LogP contribution in [0.5, 0.6) is 0 Å². The van der Waals surface area contributed by atoms with Gasteiger partial charge in [0.15, 0.2) is 8.32 Å². The molecule has 0 saturated carbocycles. The predicted molar refractivity (Wildman–Crippen MR) is 108 cm³/mol. The summed E-state index contributed by atoms with van der Waals surface area (Å²) >= 11 is 4.70. The first kappa shape index (κ1) is 22.9. The van der Waals surface area contributed by atoms with Crippen LogP contribution in [0.15, 0.2) is 18.2 Å². The van der Waals surface area contributed by atoms with E-state index in [-0.39, 0.29) is 5.04 Å². The van der Waals surface area contributed by atoms with Gasteiger partial charge in [-0.3, -0.25) is 0 Å². The minimum Gasteiger partial charge on any atom is -0.598 e. The summed E-state index contributed by atoms with van der Waals surface area (Å²) in [6.07, 6.45) is 0. The Balaban J connectivity index is 3.07. The summed E-state index contributed by atoms with van der Waals surface area (Å²) in [6, 6.07) is 3.97. The second kappa shape index (κ2) is 8.27. The monoisotopic (exact) mass is 407 g/mol. The van der Waals surface area contributed by atoms with E-state index in [0.717, 1.165) is 0 Å². The molecule has 0 saturated heterocycles. The molecular weight excluding hydrogens is 377 g/mol. The first-order valence-electron chi connectivity index (χ1n) is 8.41. The lowest BCUT2D eigenvalue weighted by Gasteiger charge is -2.37. The van der Waals surface area contributed by atoms with E-state index in [2.05, 4.69) is 38.6 Å². The molecule has 0 bridgehead atoms. The van der Waals surface area contributed by atoms with Crippen molar-refractivity contribution in [1.82, 2.24) is 4.72 Å². The lowest BCUT2D eigenvalue weighted by molar-refractivity contribution is 0.256. The molecule has 1 rings (SSSR count). The van der Waals surface area contributed by atoms with Crippen molar-refractivity contribution >= 4 is 31.3 Å². The lowest BCUT2D eigenvalue weighted by Crippen LogP contribution is -2.46. The smallest absolute Gasteiger partial charge is 0.192 e. The number of hydrogen-bond donors (Lipinski definition) is 1. The van der Waals surface area contributed by atoms with E-state index < -0.39 is 36.3 Å². The molecular formula is C18H31ClFNO2SSi. The molecule has 0 spiro atoms. The number of nitrogens with one attached hydrogen (secondary N) is 1. The largest absolute Gasteiger partial charge is 0.598 e. The molecule has 0 aliphatic heterocycles. The fourth-order valence-corrected chi connectivity index (χ4v) is 3.85. The predicted octanol–water partition coefficient (Wildman–Crippen LogP) is 5.59. The average Bonchev–Trinajstić information content (AvgIpc) is 2.39. The van der Waals surface area contributed by atoms with E-state index in [9.17, 15) is 8.94 Å². The SMILES string of the molecule is CC(C)(C)[S+]([O-])N[C@H](CO[Si](C)(C)C(C)(C)C)c1cc(F)cc(Cl)c1. The van der Waals surface area contributed by atoms with Gasteiger partial charge < -0.3 is 8.98 Å². The number of benzene rings is 1. The Bertz CT molecular complexity index is 567. The molecule has 0 amide bonds. The van der Waals surface area contributed by atoms with E-state index in [4.69, 9.17) is 16.0 Å². The van der Waals surface area contributed by atoms with Crippen LogP contribution in [0.2, 0.25) is 23.2 Å². The maximum absolute atomic E-state index is 13.8. The normalized spacial score (nSPS) is 16.0. The lowest BCUT2D eigenvalue weighted by atomic mass is 10.1. The topological polar surface area (TPSA) is 44.3 Å². The van der Waals surface area contributed by atoms with Gasteiger partial charge in [-0.05, 0) is 62.7 Å². The van der Waals surface area contributed by atoms with Gasteiger partial charge in [0.05, 0.1) is 12.6 Å². The first-order valence-corrected chi connectivity index (χ1v) is 12.8. The molecule has 2 atom stereocenters. The highest BCUT2D eigenvalue weighted by molar-refractivity contribution is 7.90. The Morgan fingerprint density at radius 1 is 1.20 bits per heavy atom. The van der Waals surface area contributed by atoms with E-state index in [1.165, 1.54) is 12.1 Å². The molecule has 0 fully saturated rings. The fourth-order valence-electron chi connectivity index (χ4n) is 1.79. The molecule has 144 valence electrons. The van der Waals surface area contributed by atoms with Gasteiger partial charge in [0.25, 0.3) is 0 Å². The van der Waals surface area contributed by atoms with Gasteiger partial charge in [-0.25, -0.2) is 4.39 Å². The summed E-state index contributed by atoms with van der Waals surface area (Å²) in [5.74, 6) is -0.414. The van der Waals surface area contributed by atoms with Crippen LogP contribution in [0, 0.1) is 5.82 Å². The highest BCUT2D eigenvalue weighted by Gasteiger charge is 2.38. The Morgan fingerprint density at radius 3 is 2.20 bits per heavy atom. The van der Waals surface area contributed by atoms with Crippen LogP contribution in [-0.4, -0.2) is 24.2 Å². The van der Waals surface area contributed by atoms with Gasteiger partial charge in [-0.1, -0.05) is 32.4 Å². The summed E-state index contributed by atoms with van der Waals surface area (Å²) in [4.78, 5) is 0. The zero-order valence-corrected chi connectivity index (χ0v) is 19.1. The molecule has 0 heterocycles. The van der Waals surface area contributed by atoms with Crippen LogP contribution in [-0.2, 0) is 15.8 Å². The maximum atomic E-state index is 13.8. The van der Waals surface area contributed by atoms with Crippen molar-refractivity contribution in [2.24, 2.45) is 0 Å². The highest BCUT2D eigenvalue weighted by atomic mass is 35.5. The van der Waals surface area contributed by atoms with Crippen LogP contribution < -0.4 is 4.72 Å². The van der Waals surface area contributed by atoms with Crippen LogP contribution in [0.25, 0.3) is 0 Å². The van der Waals surface area contributed by atoms with Crippen molar-refractivity contribution in [3.8, 4) is 0 Å². The van der Waals surface area contributed by atoms with Gasteiger partial charge >= 0.3 is 0 Å². The number of rotatable bonds is 6. The summed E-state index contributed by atoms with van der Waals surface area (Å²) in [5.41, 5.74) is 0.640. The van der Waals surface area contributed by atoms with Crippen LogP contribution in [0.1, 0.15) is 53.1 Å². The van der Waals surface area contributed by atoms with Gasteiger partial charge in [0.2, 0.25) is 0 Å². The van der Waals surface area contributed by atoms with Gasteiger partial charge in [-0.15, -0.1) is 4.72 Å². The van der Waals surface area contributed by atoms with Crippen molar-refractivity contribution in [1.29, 1.82) is 0 Å². The zero-order valence-electron chi connectivity index (χ0n) is 16.5. The molecule has 1 aromatic carbocycles. The van der Waals surface area contributed by atoms with Crippen LogP contribution in [0.3, 0.4) is 0 Å². The standard InChI is InChI=1S/C18H31ClFNO2SSi/c1-17(2,3)24(22)21-16(12-23-25(7,8)18(4,5)6)13-9-14(19)11-15(20)10-13/h9-11,16,21H,12H2,1-8H3/t16-,24?/m1/s1. The van der Waals surface area contributed by atoms with Gasteiger partial charge in [-0.2, -0.15) is 0 Å². The van der Waals surface area contributed by atoms with Crippen LogP contribution in [0.4, 0.5) is 4.39 Å². The third-order valence-electron chi connectivity index (χ3n) is 4.51. The second-order valence-corrected chi connectivity index (χ2v) is 16.1. The van der Waals surface area contributed by atoms with E-state index in [1.807, 2.05) is 20.8 Å². The molecule has 1 unspecified atom stereocenters. The Labute approximate surface area is 161 Å². The third kappa shape index (κ3) is 6.84. The van der Waals surface area contributed by atoms with Crippen LogP contribution >= 0.6 is 11.6 Å². The fraction of sp³-hybridized carbons (Fsp3) is 0.667. The van der Waals surface area contributed by atoms with E-state index in [1.54, 1.807) is 6.07 Å². The second-order valence-electron chi connectivity index (χ2n) is 8.83. The minimum atomic E-state index is -1.99.